The Morgan fingerprint density at radius 1 is 1.39 bits per heavy atom. The fourth-order valence-electron chi connectivity index (χ4n) is 1.13. The summed E-state index contributed by atoms with van der Waals surface area (Å²) in [6.45, 7) is 1.63. The number of anilines is 1. The molecule has 1 atom stereocenters. The standard InChI is InChI=1S/C10H11I2NO4S/c1-7(12)17-18(15,16)9-4-2-8(3-5-9)13-10(14)6-11/h2-5,7H,6H2,1H3,(H,13,14). The Morgan fingerprint density at radius 3 is 2.39 bits per heavy atom. The lowest BCUT2D eigenvalue weighted by Gasteiger charge is -2.08. The maximum atomic E-state index is 11.7. The quantitative estimate of drug-likeness (QED) is 0.388. The summed E-state index contributed by atoms with van der Waals surface area (Å²) in [6, 6.07) is 5.85. The van der Waals surface area contributed by atoms with Gasteiger partial charge in [0.05, 0.1) is 9.32 Å². The number of benzene rings is 1. The van der Waals surface area contributed by atoms with Gasteiger partial charge in [-0.3, -0.25) is 8.98 Å². The third-order valence-corrected chi connectivity index (χ3v) is 4.49. The fraction of sp³-hybridized carbons (Fsp3) is 0.300. The van der Waals surface area contributed by atoms with Crippen molar-refractivity contribution in [3.05, 3.63) is 24.3 Å². The second kappa shape index (κ2) is 7.01. The zero-order valence-electron chi connectivity index (χ0n) is 9.39. The summed E-state index contributed by atoms with van der Waals surface area (Å²) >= 11 is 3.81. The molecular formula is C10H11I2NO4S. The molecule has 1 amide bonds. The van der Waals surface area contributed by atoms with Crippen LogP contribution in [0.3, 0.4) is 0 Å². The van der Waals surface area contributed by atoms with E-state index in [2.05, 4.69) is 5.32 Å². The highest BCUT2D eigenvalue weighted by Gasteiger charge is 2.17. The average molecular weight is 495 g/mol. The SMILES string of the molecule is CC(I)OS(=O)(=O)c1ccc(NC(=O)CI)cc1. The minimum Gasteiger partial charge on any atom is -0.325 e. The van der Waals surface area contributed by atoms with Crippen LogP contribution in [-0.4, -0.2) is 22.9 Å². The van der Waals surface area contributed by atoms with Crippen LogP contribution in [0, 0.1) is 0 Å². The zero-order chi connectivity index (χ0) is 13.8. The molecule has 1 N–H and O–H groups in total. The minimum absolute atomic E-state index is 0.0680. The third-order valence-electron chi connectivity index (χ3n) is 1.81. The number of halogens is 2. The van der Waals surface area contributed by atoms with Gasteiger partial charge in [-0.2, -0.15) is 8.42 Å². The van der Waals surface area contributed by atoms with E-state index in [-0.39, 0.29) is 10.8 Å². The molecule has 0 bridgehead atoms. The normalized spacial score (nSPS) is 13.1. The van der Waals surface area contributed by atoms with E-state index >= 15 is 0 Å². The summed E-state index contributed by atoms with van der Waals surface area (Å²) in [4.78, 5) is 11.2. The van der Waals surface area contributed by atoms with Gasteiger partial charge in [-0.15, -0.1) is 0 Å². The van der Waals surface area contributed by atoms with Crippen LogP contribution in [0.1, 0.15) is 6.92 Å². The predicted molar refractivity (Wildman–Crippen MR) is 85.7 cm³/mol. The van der Waals surface area contributed by atoms with Gasteiger partial charge in [0.1, 0.15) is 4.11 Å². The molecule has 0 saturated heterocycles. The molecule has 0 aliphatic rings. The Bertz CT molecular complexity index is 513. The van der Waals surface area contributed by atoms with Crippen molar-refractivity contribution in [2.24, 2.45) is 0 Å². The van der Waals surface area contributed by atoms with Crippen molar-refractivity contribution in [2.75, 3.05) is 9.74 Å². The number of rotatable bonds is 5. The Morgan fingerprint density at radius 2 is 1.94 bits per heavy atom. The largest absolute Gasteiger partial charge is 0.325 e. The molecule has 0 aliphatic carbocycles. The van der Waals surface area contributed by atoms with Gasteiger partial charge >= 0.3 is 0 Å². The minimum atomic E-state index is -3.73. The lowest BCUT2D eigenvalue weighted by atomic mass is 10.3. The summed E-state index contributed by atoms with van der Waals surface area (Å²) in [7, 11) is -3.73. The monoisotopic (exact) mass is 495 g/mol. The maximum absolute atomic E-state index is 11.7. The van der Waals surface area contributed by atoms with E-state index in [1.807, 2.05) is 45.2 Å². The number of carbonyl (C=O) groups excluding carboxylic acids is 1. The van der Waals surface area contributed by atoms with Crippen molar-refractivity contribution in [1.29, 1.82) is 0 Å². The smallest absolute Gasteiger partial charge is 0.297 e. The highest BCUT2D eigenvalue weighted by Crippen LogP contribution is 2.19. The molecule has 0 aromatic heterocycles. The van der Waals surface area contributed by atoms with Crippen LogP contribution in [0.2, 0.25) is 0 Å². The van der Waals surface area contributed by atoms with Gasteiger partial charge in [0.25, 0.3) is 10.1 Å². The van der Waals surface area contributed by atoms with Gasteiger partial charge in [0.2, 0.25) is 5.91 Å². The Balaban J connectivity index is 2.86. The molecule has 18 heavy (non-hydrogen) atoms. The van der Waals surface area contributed by atoms with Gasteiger partial charge in [0.15, 0.2) is 0 Å². The van der Waals surface area contributed by atoms with Crippen LogP contribution in [-0.2, 0) is 19.1 Å². The molecule has 0 fully saturated rings. The number of nitrogens with one attached hydrogen (secondary N) is 1. The molecule has 1 rings (SSSR count). The van der Waals surface area contributed by atoms with Crippen molar-refractivity contribution in [3.63, 3.8) is 0 Å². The molecule has 0 saturated carbocycles. The maximum Gasteiger partial charge on any atom is 0.297 e. The van der Waals surface area contributed by atoms with E-state index in [0.717, 1.165) is 0 Å². The first-order valence-electron chi connectivity index (χ1n) is 4.88. The molecule has 1 aromatic rings. The lowest BCUT2D eigenvalue weighted by Crippen LogP contribution is -2.13. The van der Waals surface area contributed by atoms with Gasteiger partial charge in [-0.05, 0) is 53.8 Å². The second-order valence-electron chi connectivity index (χ2n) is 3.30. The van der Waals surface area contributed by atoms with Gasteiger partial charge in [-0.1, -0.05) is 22.6 Å². The van der Waals surface area contributed by atoms with Crippen LogP contribution < -0.4 is 5.32 Å². The number of hydrogen-bond acceptors (Lipinski definition) is 4. The molecule has 0 radical (unpaired) electrons. The zero-order valence-corrected chi connectivity index (χ0v) is 14.5. The molecular weight excluding hydrogens is 484 g/mol. The molecule has 100 valence electrons. The van der Waals surface area contributed by atoms with E-state index in [9.17, 15) is 13.2 Å². The van der Waals surface area contributed by atoms with Crippen molar-refractivity contribution in [2.45, 2.75) is 15.9 Å². The van der Waals surface area contributed by atoms with E-state index in [1.54, 1.807) is 6.92 Å². The van der Waals surface area contributed by atoms with Gasteiger partial charge in [0, 0.05) is 5.69 Å². The van der Waals surface area contributed by atoms with Crippen molar-refractivity contribution >= 4 is 66.9 Å². The molecule has 1 aromatic carbocycles. The van der Waals surface area contributed by atoms with E-state index in [1.165, 1.54) is 24.3 Å². The first-order chi connectivity index (χ1) is 8.35. The first-order valence-corrected chi connectivity index (χ1v) is 9.06. The Kier molecular flexibility index (Phi) is 6.27. The van der Waals surface area contributed by atoms with Gasteiger partial charge < -0.3 is 5.32 Å². The van der Waals surface area contributed by atoms with Crippen LogP contribution in [0.4, 0.5) is 5.69 Å². The number of amides is 1. The number of hydrogen-bond donors (Lipinski definition) is 1. The van der Waals surface area contributed by atoms with Crippen LogP contribution >= 0.6 is 45.2 Å². The average Bonchev–Trinajstić information content (AvgIpc) is 2.28. The molecule has 0 spiro atoms. The first kappa shape index (κ1) is 16.1. The molecule has 0 heterocycles. The number of alkyl halides is 2. The summed E-state index contributed by atoms with van der Waals surface area (Å²) in [5.41, 5.74) is 0.554. The van der Waals surface area contributed by atoms with Crippen LogP contribution in [0.5, 0.6) is 0 Å². The Hall–Kier alpha value is 0.0600. The van der Waals surface area contributed by atoms with E-state index in [4.69, 9.17) is 4.18 Å². The van der Waals surface area contributed by atoms with Crippen molar-refractivity contribution < 1.29 is 17.4 Å². The second-order valence-corrected chi connectivity index (χ2v) is 7.39. The molecule has 8 heteroatoms. The van der Waals surface area contributed by atoms with Crippen molar-refractivity contribution in [1.82, 2.24) is 0 Å². The predicted octanol–water partition coefficient (Wildman–Crippen LogP) is 2.55. The molecule has 5 nitrogen and oxygen atoms in total. The topological polar surface area (TPSA) is 72.5 Å². The van der Waals surface area contributed by atoms with Crippen LogP contribution in [0.15, 0.2) is 29.2 Å². The summed E-state index contributed by atoms with van der Waals surface area (Å²) < 4.78 is 28.2. The van der Waals surface area contributed by atoms with Crippen molar-refractivity contribution in [3.8, 4) is 0 Å². The molecule has 0 aliphatic heterocycles. The molecule has 1 unspecified atom stereocenters. The van der Waals surface area contributed by atoms with E-state index < -0.39 is 14.2 Å². The van der Waals surface area contributed by atoms with Gasteiger partial charge in [-0.25, -0.2) is 0 Å². The van der Waals surface area contributed by atoms with Crippen LogP contribution in [0.25, 0.3) is 0 Å². The highest BCUT2D eigenvalue weighted by molar-refractivity contribution is 14.1. The summed E-state index contributed by atoms with van der Waals surface area (Å²) in [5, 5.41) is 2.63. The fourth-order valence-corrected chi connectivity index (χ4v) is 3.07. The summed E-state index contributed by atoms with van der Waals surface area (Å²) in [6.07, 6.45) is 0. The third kappa shape index (κ3) is 4.97. The summed E-state index contributed by atoms with van der Waals surface area (Å²) in [5.74, 6) is -0.136. The Labute approximate surface area is 133 Å². The lowest BCUT2D eigenvalue weighted by molar-refractivity contribution is -0.113. The highest BCUT2D eigenvalue weighted by atomic mass is 127. The van der Waals surface area contributed by atoms with E-state index in [0.29, 0.717) is 10.1 Å². The number of carbonyl (C=O) groups is 1.